The molecule has 0 aromatic heterocycles. The third-order valence-corrected chi connectivity index (χ3v) is 21.5. The summed E-state index contributed by atoms with van der Waals surface area (Å²) >= 11 is 0. The summed E-state index contributed by atoms with van der Waals surface area (Å²) in [5.41, 5.74) is 0. The molecule has 2 unspecified atom stereocenters. The van der Waals surface area contributed by atoms with Gasteiger partial charge in [0.25, 0.3) is 0 Å². The average Bonchev–Trinajstić information content (AvgIpc) is 0.968. The lowest BCUT2D eigenvalue weighted by molar-refractivity contribution is -0.161. The Morgan fingerprint density at radius 2 is 0.447 bits per heavy atom. The van der Waals surface area contributed by atoms with Gasteiger partial charge in [0.2, 0.25) is 0 Å². The second-order valence-electron chi connectivity index (χ2n) is 31.6. The Labute approximate surface area is 632 Å². The number of ether oxygens (including phenoxy) is 4. The Balaban J connectivity index is 5.25. The number of phosphoric acid groups is 2. The SMILES string of the molecule is CCCCCCCCCCCCCCCCCCCCCCC(=O)O[C@H](COC(=O)CCCCCCCCCCCCCCCCC(C)C)COP(=O)(O)OC[C@@H](O)COP(=O)(O)OC[C@@H](COC(=O)CCCCCCCCCCCCC(C)C)OC(=O)CCCCCCCCCCCCC(C)C. The number of carbonyl (C=O) groups excluding carboxylic acids is 4. The molecule has 0 fully saturated rings. The summed E-state index contributed by atoms with van der Waals surface area (Å²) in [5.74, 6) is 0.203. The molecule has 0 aliphatic heterocycles. The van der Waals surface area contributed by atoms with Crippen LogP contribution in [0.5, 0.6) is 0 Å². The zero-order valence-electron chi connectivity index (χ0n) is 67.8. The summed E-state index contributed by atoms with van der Waals surface area (Å²) in [4.78, 5) is 73.2. The molecule has 17 nitrogen and oxygen atoms in total. The van der Waals surface area contributed by atoms with Crippen molar-refractivity contribution in [2.24, 2.45) is 17.8 Å². The van der Waals surface area contributed by atoms with Gasteiger partial charge in [0.15, 0.2) is 12.2 Å². The summed E-state index contributed by atoms with van der Waals surface area (Å²) < 4.78 is 68.8. The minimum absolute atomic E-state index is 0.106. The van der Waals surface area contributed by atoms with Gasteiger partial charge in [-0.1, -0.05) is 389 Å². The topological polar surface area (TPSA) is 237 Å². The van der Waals surface area contributed by atoms with E-state index in [4.69, 9.17) is 37.0 Å². The van der Waals surface area contributed by atoms with Gasteiger partial charge in [-0.3, -0.25) is 37.3 Å². The van der Waals surface area contributed by atoms with E-state index in [-0.39, 0.29) is 25.7 Å². The standard InChI is InChI=1S/C84H164O17P2/c1-8-9-10-11-12-13-14-15-16-17-18-19-20-21-26-29-39-46-53-60-67-83(88)100-79(71-94-81(86)65-58-51-44-37-28-25-23-22-24-27-34-41-48-55-62-75(2)3)73-98-102(90,91)96-69-78(85)70-97-103(92,93)99-74-80(101-84(89)68-61-54-47-40-33-31-36-43-50-57-64-77(6)7)72-95-82(87)66-59-52-45-38-32-30-35-42-49-56-63-76(4)5/h75-80,85H,8-74H2,1-7H3,(H,90,91)(H,92,93)/t78-,79-,80-/m1/s1. The van der Waals surface area contributed by atoms with Crippen LogP contribution in [-0.4, -0.2) is 96.7 Å². The van der Waals surface area contributed by atoms with Gasteiger partial charge in [-0.25, -0.2) is 9.13 Å². The monoisotopic (exact) mass is 1510 g/mol. The van der Waals surface area contributed by atoms with Gasteiger partial charge >= 0.3 is 39.5 Å². The molecule has 0 saturated heterocycles. The third kappa shape index (κ3) is 78.0. The fraction of sp³-hybridized carbons (Fsp3) is 0.952. The van der Waals surface area contributed by atoms with E-state index in [1.807, 2.05) is 0 Å². The molecule has 0 aromatic carbocycles. The highest BCUT2D eigenvalue weighted by atomic mass is 31.2. The normalized spacial score (nSPS) is 13.9. The Morgan fingerprint density at radius 1 is 0.262 bits per heavy atom. The van der Waals surface area contributed by atoms with Crippen LogP contribution in [0.2, 0.25) is 0 Å². The lowest BCUT2D eigenvalue weighted by Crippen LogP contribution is -2.30. The van der Waals surface area contributed by atoms with Crippen molar-refractivity contribution in [3.63, 3.8) is 0 Å². The van der Waals surface area contributed by atoms with Crippen molar-refractivity contribution in [2.45, 2.75) is 458 Å². The molecule has 0 aliphatic carbocycles. The second kappa shape index (κ2) is 74.2. The predicted octanol–water partition coefficient (Wildman–Crippen LogP) is 25.3. The summed E-state index contributed by atoms with van der Waals surface area (Å²) in [6.45, 7) is 12.0. The molecular formula is C84H164O17P2. The molecule has 0 aromatic rings. The van der Waals surface area contributed by atoms with E-state index in [1.165, 1.54) is 250 Å². The predicted molar refractivity (Wildman–Crippen MR) is 423 cm³/mol. The number of phosphoric ester groups is 2. The first-order chi connectivity index (χ1) is 49.7. The molecule has 0 amide bonds. The quantitative estimate of drug-likeness (QED) is 0.0222. The largest absolute Gasteiger partial charge is 0.472 e. The van der Waals surface area contributed by atoms with Gasteiger partial charge in [0.1, 0.15) is 19.3 Å². The highest BCUT2D eigenvalue weighted by Crippen LogP contribution is 2.45. The number of hydrogen-bond donors (Lipinski definition) is 3. The Bertz CT molecular complexity index is 1990. The number of esters is 4. The first-order valence-electron chi connectivity index (χ1n) is 43.3. The molecule has 3 N–H and O–H groups in total. The van der Waals surface area contributed by atoms with E-state index in [0.29, 0.717) is 25.7 Å². The van der Waals surface area contributed by atoms with Crippen LogP contribution < -0.4 is 0 Å². The van der Waals surface area contributed by atoms with E-state index in [0.717, 1.165) is 108 Å². The zero-order valence-corrected chi connectivity index (χ0v) is 69.6. The van der Waals surface area contributed by atoms with Crippen molar-refractivity contribution in [3.05, 3.63) is 0 Å². The maximum absolute atomic E-state index is 13.1. The van der Waals surface area contributed by atoms with Crippen molar-refractivity contribution >= 4 is 39.5 Å². The fourth-order valence-corrected chi connectivity index (χ4v) is 14.6. The van der Waals surface area contributed by atoms with Gasteiger partial charge in [0.05, 0.1) is 26.4 Å². The summed E-state index contributed by atoms with van der Waals surface area (Å²) in [6, 6.07) is 0. The van der Waals surface area contributed by atoms with Crippen molar-refractivity contribution in [1.82, 2.24) is 0 Å². The molecule has 0 rings (SSSR count). The number of aliphatic hydroxyl groups is 1. The van der Waals surface area contributed by atoms with Crippen LogP contribution in [0.4, 0.5) is 0 Å². The van der Waals surface area contributed by atoms with Crippen LogP contribution in [0.1, 0.15) is 440 Å². The van der Waals surface area contributed by atoms with Crippen LogP contribution in [0.3, 0.4) is 0 Å². The van der Waals surface area contributed by atoms with Crippen LogP contribution in [0.15, 0.2) is 0 Å². The van der Waals surface area contributed by atoms with Crippen molar-refractivity contribution < 1.29 is 80.2 Å². The minimum Gasteiger partial charge on any atom is -0.462 e. The zero-order chi connectivity index (χ0) is 75.8. The summed E-state index contributed by atoms with van der Waals surface area (Å²) in [5, 5.41) is 10.7. The highest BCUT2D eigenvalue weighted by molar-refractivity contribution is 7.47. The first kappa shape index (κ1) is 101. The molecule has 0 spiro atoms. The lowest BCUT2D eigenvalue weighted by Gasteiger charge is -2.21. The summed E-state index contributed by atoms with van der Waals surface area (Å²) in [6.07, 6.45) is 63.9. The maximum Gasteiger partial charge on any atom is 0.472 e. The van der Waals surface area contributed by atoms with Gasteiger partial charge in [-0.15, -0.1) is 0 Å². The molecule has 0 radical (unpaired) electrons. The molecule has 19 heteroatoms. The smallest absolute Gasteiger partial charge is 0.462 e. The van der Waals surface area contributed by atoms with Crippen molar-refractivity contribution in [3.8, 4) is 0 Å². The first-order valence-corrected chi connectivity index (χ1v) is 46.3. The minimum atomic E-state index is -4.96. The van der Waals surface area contributed by atoms with Gasteiger partial charge < -0.3 is 33.8 Å². The summed E-state index contributed by atoms with van der Waals surface area (Å²) in [7, 11) is -9.93. The van der Waals surface area contributed by atoms with E-state index in [9.17, 15) is 43.2 Å². The van der Waals surface area contributed by atoms with Crippen LogP contribution >= 0.6 is 15.6 Å². The van der Waals surface area contributed by atoms with Gasteiger partial charge in [0, 0.05) is 25.7 Å². The Hall–Kier alpha value is -1.94. The lowest BCUT2D eigenvalue weighted by atomic mass is 10.0. The van der Waals surface area contributed by atoms with Crippen molar-refractivity contribution in [1.29, 1.82) is 0 Å². The highest BCUT2D eigenvalue weighted by Gasteiger charge is 2.30. The van der Waals surface area contributed by atoms with Crippen LogP contribution in [-0.2, 0) is 65.4 Å². The van der Waals surface area contributed by atoms with Gasteiger partial charge in [-0.2, -0.15) is 0 Å². The van der Waals surface area contributed by atoms with E-state index < -0.39 is 97.5 Å². The second-order valence-corrected chi connectivity index (χ2v) is 34.6. The molecular weight excluding hydrogens is 1340 g/mol. The number of hydrogen-bond acceptors (Lipinski definition) is 15. The van der Waals surface area contributed by atoms with Crippen LogP contribution in [0.25, 0.3) is 0 Å². The number of unbranched alkanes of at least 4 members (excludes halogenated alkanes) is 50. The molecule has 612 valence electrons. The average molecular weight is 1510 g/mol. The fourth-order valence-electron chi connectivity index (χ4n) is 13.0. The molecule has 0 aliphatic rings. The Kier molecular flexibility index (Phi) is 72.8. The number of aliphatic hydroxyl groups excluding tert-OH is 1. The Morgan fingerprint density at radius 3 is 0.660 bits per heavy atom. The van der Waals surface area contributed by atoms with E-state index in [2.05, 4.69) is 48.5 Å². The number of rotatable bonds is 82. The maximum atomic E-state index is 13.1. The third-order valence-electron chi connectivity index (χ3n) is 19.6. The molecule has 103 heavy (non-hydrogen) atoms. The van der Waals surface area contributed by atoms with Crippen molar-refractivity contribution in [2.75, 3.05) is 39.6 Å². The number of carbonyl (C=O) groups is 4. The molecule has 5 atom stereocenters. The molecule has 0 heterocycles. The molecule has 0 bridgehead atoms. The van der Waals surface area contributed by atoms with E-state index >= 15 is 0 Å². The molecule has 0 saturated carbocycles. The van der Waals surface area contributed by atoms with Gasteiger partial charge in [-0.05, 0) is 43.4 Å². The van der Waals surface area contributed by atoms with E-state index in [1.54, 1.807) is 0 Å². The van der Waals surface area contributed by atoms with Crippen LogP contribution in [0, 0.1) is 17.8 Å².